The van der Waals surface area contributed by atoms with Crippen molar-refractivity contribution in [1.82, 2.24) is 24.7 Å². The predicted molar refractivity (Wildman–Crippen MR) is 111 cm³/mol. The number of para-hydroxylation sites is 1. The lowest BCUT2D eigenvalue weighted by molar-refractivity contribution is -0.133. The summed E-state index contributed by atoms with van der Waals surface area (Å²) in [6, 6.07) is 13.6. The van der Waals surface area contributed by atoms with Gasteiger partial charge >= 0.3 is 0 Å². The first-order chi connectivity index (χ1) is 14.1. The standard InChI is InChI=1S/C22H25N5O2/c1-25(22(29)19-14-24-20-8-3-2-7-18(19)20)16-21(28)27-12-10-26(11-13-27)15-17-6-4-5-9-23-17/h2-9,14,24H,10-13,15-16H2,1H3. The van der Waals surface area contributed by atoms with Crippen LogP contribution in [0.2, 0.25) is 0 Å². The summed E-state index contributed by atoms with van der Waals surface area (Å²) in [4.78, 5) is 38.6. The number of carbonyl (C=O) groups is 2. The smallest absolute Gasteiger partial charge is 0.256 e. The second-order valence-electron chi connectivity index (χ2n) is 7.39. The lowest BCUT2D eigenvalue weighted by Gasteiger charge is -2.35. The summed E-state index contributed by atoms with van der Waals surface area (Å²) < 4.78 is 0. The van der Waals surface area contributed by atoms with Crippen molar-refractivity contribution in [2.24, 2.45) is 0 Å². The maximum Gasteiger partial charge on any atom is 0.256 e. The van der Waals surface area contributed by atoms with Gasteiger partial charge in [-0.3, -0.25) is 19.5 Å². The van der Waals surface area contributed by atoms with Crippen LogP contribution < -0.4 is 0 Å². The maximum atomic E-state index is 12.8. The Bertz CT molecular complexity index is 993. The molecule has 0 radical (unpaired) electrons. The van der Waals surface area contributed by atoms with Crippen molar-refractivity contribution in [3.05, 3.63) is 66.1 Å². The summed E-state index contributed by atoms with van der Waals surface area (Å²) in [5.41, 5.74) is 2.55. The van der Waals surface area contributed by atoms with Gasteiger partial charge < -0.3 is 14.8 Å². The molecule has 2 amide bonds. The predicted octanol–water partition coefficient (Wildman–Crippen LogP) is 1.98. The van der Waals surface area contributed by atoms with Crippen LogP contribution in [-0.2, 0) is 11.3 Å². The van der Waals surface area contributed by atoms with E-state index in [1.54, 1.807) is 19.4 Å². The van der Waals surface area contributed by atoms with Crippen LogP contribution in [0.25, 0.3) is 10.9 Å². The SMILES string of the molecule is CN(CC(=O)N1CCN(Cc2ccccn2)CC1)C(=O)c1c[nH]c2ccccc12. The molecule has 1 aliphatic heterocycles. The lowest BCUT2D eigenvalue weighted by Crippen LogP contribution is -2.51. The molecule has 1 N–H and O–H groups in total. The van der Waals surface area contributed by atoms with Gasteiger partial charge in [-0.2, -0.15) is 0 Å². The summed E-state index contributed by atoms with van der Waals surface area (Å²) >= 11 is 0. The molecule has 7 heteroatoms. The third-order valence-electron chi connectivity index (χ3n) is 5.38. The van der Waals surface area contributed by atoms with Crippen molar-refractivity contribution >= 4 is 22.7 Å². The van der Waals surface area contributed by atoms with Crippen LogP contribution in [0.5, 0.6) is 0 Å². The number of likely N-dealkylation sites (N-methyl/N-ethyl adjacent to an activating group) is 1. The van der Waals surface area contributed by atoms with E-state index in [4.69, 9.17) is 0 Å². The van der Waals surface area contributed by atoms with E-state index < -0.39 is 0 Å². The van der Waals surface area contributed by atoms with E-state index in [2.05, 4.69) is 14.9 Å². The molecule has 2 aromatic heterocycles. The van der Waals surface area contributed by atoms with Gasteiger partial charge in [-0.05, 0) is 18.2 Å². The van der Waals surface area contributed by atoms with Gasteiger partial charge in [-0.15, -0.1) is 0 Å². The Morgan fingerprint density at radius 2 is 1.83 bits per heavy atom. The molecule has 7 nitrogen and oxygen atoms in total. The number of H-pyrrole nitrogens is 1. The summed E-state index contributed by atoms with van der Waals surface area (Å²) in [7, 11) is 1.68. The number of pyridine rings is 1. The highest BCUT2D eigenvalue weighted by molar-refractivity contribution is 6.07. The van der Waals surface area contributed by atoms with E-state index in [-0.39, 0.29) is 18.4 Å². The number of nitrogens with one attached hydrogen (secondary N) is 1. The Morgan fingerprint density at radius 1 is 1.07 bits per heavy atom. The number of hydrogen-bond acceptors (Lipinski definition) is 4. The largest absolute Gasteiger partial charge is 0.360 e. The minimum atomic E-state index is -0.149. The fourth-order valence-electron chi connectivity index (χ4n) is 3.70. The number of nitrogens with zero attached hydrogens (tertiary/aromatic N) is 4. The molecule has 3 aromatic rings. The van der Waals surface area contributed by atoms with E-state index in [1.807, 2.05) is 47.4 Å². The fraction of sp³-hybridized carbons (Fsp3) is 0.318. The highest BCUT2D eigenvalue weighted by atomic mass is 16.2. The number of carbonyl (C=O) groups excluding carboxylic acids is 2. The molecular formula is C22H25N5O2. The van der Waals surface area contributed by atoms with Gasteiger partial charge in [-0.25, -0.2) is 0 Å². The van der Waals surface area contributed by atoms with Gasteiger partial charge in [0.05, 0.1) is 17.8 Å². The number of amides is 2. The van der Waals surface area contributed by atoms with Crippen LogP contribution >= 0.6 is 0 Å². The fourth-order valence-corrected chi connectivity index (χ4v) is 3.70. The van der Waals surface area contributed by atoms with E-state index >= 15 is 0 Å². The molecule has 0 atom stereocenters. The Balaban J connectivity index is 1.31. The van der Waals surface area contributed by atoms with Crippen molar-refractivity contribution in [2.45, 2.75) is 6.54 Å². The first kappa shape index (κ1) is 19.1. The lowest BCUT2D eigenvalue weighted by atomic mass is 10.1. The second-order valence-corrected chi connectivity index (χ2v) is 7.39. The Kier molecular flexibility index (Phi) is 5.57. The average Bonchev–Trinajstić information content (AvgIpc) is 3.18. The molecule has 3 heterocycles. The zero-order valence-corrected chi connectivity index (χ0v) is 16.5. The molecule has 0 bridgehead atoms. The zero-order chi connectivity index (χ0) is 20.2. The molecule has 150 valence electrons. The van der Waals surface area contributed by atoms with Crippen LogP contribution in [-0.4, -0.2) is 76.3 Å². The molecule has 1 saturated heterocycles. The number of aromatic amines is 1. The number of piperazine rings is 1. The summed E-state index contributed by atoms with van der Waals surface area (Å²) in [5.74, 6) is -0.164. The first-order valence-corrected chi connectivity index (χ1v) is 9.83. The topological polar surface area (TPSA) is 72.5 Å². The van der Waals surface area contributed by atoms with Gasteiger partial charge in [0.15, 0.2) is 0 Å². The third-order valence-corrected chi connectivity index (χ3v) is 5.38. The number of hydrogen-bond donors (Lipinski definition) is 1. The Morgan fingerprint density at radius 3 is 2.59 bits per heavy atom. The quantitative estimate of drug-likeness (QED) is 0.722. The second kappa shape index (κ2) is 8.45. The molecular weight excluding hydrogens is 366 g/mol. The molecule has 0 spiro atoms. The minimum Gasteiger partial charge on any atom is -0.360 e. The number of benzene rings is 1. The van der Waals surface area contributed by atoms with E-state index in [0.717, 1.165) is 36.2 Å². The van der Waals surface area contributed by atoms with Crippen LogP contribution in [0.4, 0.5) is 0 Å². The van der Waals surface area contributed by atoms with Crippen molar-refractivity contribution < 1.29 is 9.59 Å². The van der Waals surface area contributed by atoms with E-state index in [9.17, 15) is 9.59 Å². The van der Waals surface area contributed by atoms with Crippen LogP contribution in [0.1, 0.15) is 16.1 Å². The van der Waals surface area contributed by atoms with E-state index in [0.29, 0.717) is 18.7 Å². The molecule has 1 aliphatic rings. The molecule has 1 aromatic carbocycles. The number of rotatable bonds is 5. The van der Waals surface area contributed by atoms with Crippen molar-refractivity contribution in [3.63, 3.8) is 0 Å². The van der Waals surface area contributed by atoms with Crippen molar-refractivity contribution in [1.29, 1.82) is 0 Å². The molecule has 1 fully saturated rings. The van der Waals surface area contributed by atoms with Gasteiger partial charge in [0.2, 0.25) is 5.91 Å². The van der Waals surface area contributed by atoms with Crippen LogP contribution in [0.15, 0.2) is 54.9 Å². The van der Waals surface area contributed by atoms with Crippen LogP contribution in [0, 0.1) is 0 Å². The van der Waals surface area contributed by atoms with Crippen molar-refractivity contribution in [2.75, 3.05) is 39.8 Å². The van der Waals surface area contributed by atoms with E-state index in [1.165, 1.54) is 4.90 Å². The Labute approximate surface area is 169 Å². The number of fused-ring (bicyclic) bond motifs is 1. The average molecular weight is 391 g/mol. The monoisotopic (exact) mass is 391 g/mol. The molecule has 0 aliphatic carbocycles. The van der Waals surface area contributed by atoms with Crippen molar-refractivity contribution in [3.8, 4) is 0 Å². The minimum absolute atomic E-state index is 0.0156. The van der Waals surface area contributed by atoms with Gasteiger partial charge in [0, 0.05) is 63.1 Å². The van der Waals surface area contributed by atoms with Crippen LogP contribution in [0.3, 0.4) is 0 Å². The molecule has 4 rings (SSSR count). The highest BCUT2D eigenvalue weighted by Gasteiger charge is 2.24. The normalized spacial score (nSPS) is 14.9. The maximum absolute atomic E-state index is 12.8. The summed E-state index contributed by atoms with van der Waals surface area (Å²) in [5, 5.41) is 0.875. The van der Waals surface area contributed by atoms with Gasteiger partial charge in [0.25, 0.3) is 5.91 Å². The zero-order valence-electron chi connectivity index (χ0n) is 16.5. The third kappa shape index (κ3) is 4.30. The molecule has 0 unspecified atom stereocenters. The first-order valence-electron chi connectivity index (χ1n) is 9.83. The van der Waals surface area contributed by atoms with Gasteiger partial charge in [0.1, 0.15) is 0 Å². The molecule has 29 heavy (non-hydrogen) atoms. The Hall–Kier alpha value is -3.19. The summed E-state index contributed by atoms with van der Waals surface area (Å²) in [6.45, 7) is 3.83. The summed E-state index contributed by atoms with van der Waals surface area (Å²) in [6.07, 6.45) is 3.51. The number of aromatic nitrogens is 2. The highest BCUT2D eigenvalue weighted by Crippen LogP contribution is 2.19. The molecule has 0 saturated carbocycles. The van der Waals surface area contributed by atoms with Gasteiger partial charge in [-0.1, -0.05) is 24.3 Å².